The lowest BCUT2D eigenvalue weighted by Crippen LogP contribution is -2.40. The van der Waals surface area contributed by atoms with E-state index < -0.39 is 17.3 Å². The molecule has 2 aromatic carbocycles. The lowest BCUT2D eigenvalue weighted by Gasteiger charge is -2.39. The molecule has 1 aliphatic heterocycles. The third-order valence-electron chi connectivity index (χ3n) is 7.11. The Bertz CT molecular complexity index is 1610. The lowest BCUT2D eigenvalue weighted by atomic mass is 9.97. The highest BCUT2D eigenvalue weighted by molar-refractivity contribution is 5.97. The summed E-state index contributed by atoms with van der Waals surface area (Å²) in [5.74, 6) is 1.13. The van der Waals surface area contributed by atoms with Gasteiger partial charge in [0.2, 0.25) is 0 Å². The van der Waals surface area contributed by atoms with Gasteiger partial charge >= 0.3 is 5.69 Å². The highest BCUT2D eigenvalue weighted by Gasteiger charge is 2.41. The number of nitrogens with zero attached hydrogens (tertiary/aromatic N) is 3. The van der Waals surface area contributed by atoms with E-state index in [0.717, 1.165) is 28.1 Å². The van der Waals surface area contributed by atoms with E-state index in [2.05, 4.69) is 18.4 Å². The van der Waals surface area contributed by atoms with Gasteiger partial charge in [0, 0.05) is 19.7 Å². The van der Waals surface area contributed by atoms with Gasteiger partial charge in [-0.25, -0.2) is 4.79 Å². The summed E-state index contributed by atoms with van der Waals surface area (Å²) in [6.07, 6.45) is -0.595. The quantitative estimate of drug-likeness (QED) is 0.435. The van der Waals surface area contributed by atoms with Gasteiger partial charge in [0.1, 0.15) is 6.10 Å². The molecule has 1 aliphatic rings. The fourth-order valence-electron chi connectivity index (χ4n) is 5.34. The predicted molar refractivity (Wildman–Crippen MR) is 139 cm³/mol. The van der Waals surface area contributed by atoms with E-state index >= 15 is 0 Å². The molecule has 0 bridgehead atoms. The van der Waals surface area contributed by atoms with E-state index in [0.29, 0.717) is 29.0 Å². The molecule has 8 heteroatoms. The first-order valence-electron chi connectivity index (χ1n) is 11.9. The number of methoxy groups -OCH3 is 2. The number of ether oxygens (including phenoxy) is 3. The molecule has 8 nitrogen and oxygen atoms in total. The summed E-state index contributed by atoms with van der Waals surface area (Å²) in [4.78, 5) is 26.8. The molecule has 0 aliphatic carbocycles. The van der Waals surface area contributed by atoms with Gasteiger partial charge in [-0.3, -0.25) is 13.9 Å². The zero-order valence-corrected chi connectivity index (χ0v) is 21.7. The number of fused-ring (bicyclic) bond motifs is 3. The van der Waals surface area contributed by atoms with E-state index in [9.17, 15) is 9.59 Å². The number of para-hydroxylation sites is 1. The maximum Gasteiger partial charge on any atom is 0.331 e. The minimum absolute atomic E-state index is 0.335. The average Bonchev–Trinajstić information content (AvgIpc) is 3.24. The van der Waals surface area contributed by atoms with Crippen LogP contribution in [0, 0.1) is 6.92 Å². The Morgan fingerprint density at radius 3 is 2.31 bits per heavy atom. The summed E-state index contributed by atoms with van der Waals surface area (Å²) in [5, 5.41) is 0.490. The van der Waals surface area contributed by atoms with Gasteiger partial charge in [0.25, 0.3) is 5.56 Å². The van der Waals surface area contributed by atoms with Crippen LogP contribution >= 0.6 is 0 Å². The van der Waals surface area contributed by atoms with Crippen molar-refractivity contribution in [1.29, 1.82) is 0 Å². The SMILES string of the molecule is COc1cccc([C@@H]2OCC(C)(C)n3c(-c4ccc(C)cc4)c4c(=O)n(C)c(=O)n(C)c4c32)c1OC. The molecule has 0 fully saturated rings. The van der Waals surface area contributed by atoms with E-state index in [1.165, 1.54) is 11.6 Å². The molecule has 0 unspecified atom stereocenters. The Balaban J connectivity index is 2.00. The molecular weight excluding hydrogens is 458 g/mol. The van der Waals surface area contributed by atoms with Crippen molar-refractivity contribution in [2.45, 2.75) is 32.4 Å². The van der Waals surface area contributed by atoms with Crippen molar-refractivity contribution in [2.75, 3.05) is 20.8 Å². The molecule has 36 heavy (non-hydrogen) atoms. The molecule has 1 atom stereocenters. The number of rotatable bonds is 4. The van der Waals surface area contributed by atoms with Crippen LogP contribution in [0.1, 0.15) is 36.8 Å². The summed E-state index contributed by atoms with van der Waals surface area (Å²) in [6.45, 7) is 6.57. The van der Waals surface area contributed by atoms with Crippen LogP contribution < -0.4 is 20.7 Å². The Morgan fingerprint density at radius 1 is 0.972 bits per heavy atom. The third kappa shape index (κ3) is 3.32. The Morgan fingerprint density at radius 2 is 1.67 bits per heavy atom. The van der Waals surface area contributed by atoms with E-state index in [-0.39, 0.29) is 5.56 Å². The molecule has 0 spiro atoms. The summed E-state index contributed by atoms with van der Waals surface area (Å²) >= 11 is 0. The highest BCUT2D eigenvalue weighted by atomic mass is 16.5. The van der Waals surface area contributed by atoms with Crippen molar-refractivity contribution in [2.24, 2.45) is 14.1 Å². The first-order valence-corrected chi connectivity index (χ1v) is 11.9. The maximum atomic E-state index is 13.7. The van der Waals surface area contributed by atoms with Crippen LogP contribution in [0.25, 0.3) is 22.2 Å². The van der Waals surface area contributed by atoms with Crippen molar-refractivity contribution >= 4 is 10.9 Å². The van der Waals surface area contributed by atoms with Crippen molar-refractivity contribution < 1.29 is 14.2 Å². The minimum atomic E-state index is -0.595. The number of hydrogen-bond donors (Lipinski definition) is 0. The van der Waals surface area contributed by atoms with Gasteiger partial charge in [-0.15, -0.1) is 0 Å². The summed E-state index contributed by atoms with van der Waals surface area (Å²) < 4.78 is 22.7. The Hall–Kier alpha value is -3.78. The molecule has 0 saturated heterocycles. The summed E-state index contributed by atoms with van der Waals surface area (Å²) in [6, 6.07) is 13.7. The molecule has 0 saturated carbocycles. The van der Waals surface area contributed by atoms with Crippen molar-refractivity contribution in [1.82, 2.24) is 13.7 Å². The number of benzene rings is 2. The molecule has 3 heterocycles. The van der Waals surface area contributed by atoms with Crippen LogP contribution in [-0.2, 0) is 24.4 Å². The number of hydrogen-bond acceptors (Lipinski definition) is 5. The highest BCUT2D eigenvalue weighted by Crippen LogP contribution is 2.48. The first-order chi connectivity index (χ1) is 17.1. The lowest BCUT2D eigenvalue weighted by molar-refractivity contribution is -0.00811. The third-order valence-corrected chi connectivity index (χ3v) is 7.11. The van der Waals surface area contributed by atoms with Crippen LogP contribution in [0.2, 0.25) is 0 Å². The van der Waals surface area contributed by atoms with Gasteiger partial charge in [-0.05, 0) is 32.4 Å². The van der Waals surface area contributed by atoms with Crippen LogP contribution in [-0.4, -0.2) is 34.5 Å². The average molecular weight is 490 g/mol. The second-order valence-corrected chi connectivity index (χ2v) is 9.95. The first kappa shape index (κ1) is 23.9. The van der Waals surface area contributed by atoms with Gasteiger partial charge in [0.15, 0.2) is 11.5 Å². The molecule has 2 aromatic heterocycles. The Labute approximate surface area is 209 Å². The molecule has 0 N–H and O–H groups in total. The zero-order chi connectivity index (χ0) is 25.9. The van der Waals surface area contributed by atoms with E-state index in [1.54, 1.807) is 25.8 Å². The second kappa shape index (κ2) is 8.41. The van der Waals surface area contributed by atoms with E-state index in [4.69, 9.17) is 14.2 Å². The smallest absolute Gasteiger partial charge is 0.331 e. The van der Waals surface area contributed by atoms with Crippen LogP contribution in [0.3, 0.4) is 0 Å². The standard InChI is InChI=1S/C28H31N3O5/c1-16-11-13-17(14-12-16)21-20-22(29(4)27(33)30(5)26(20)32)23-25(36-15-28(2,3)31(21)23)18-9-8-10-19(34-6)24(18)35-7/h8-14,25H,15H2,1-7H3/t25-/m0/s1. The fourth-order valence-corrected chi connectivity index (χ4v) is 5.34. The largest absolute Gasteiger partial charge is 0.493 e. The minimum Gasteiger partial charge on any atom is -0.493 e. The van der Waals surface area contributed by atoms with Gasteiger partial charge in [-0.2, -0.15) is 0 Å². The van der Waals surface area contributed by atoms with Crippen molar-refractivity contribution in [3.05, 3.63) is 80.1 Å². The predicted octanol–water partition coefficient (Wildman–Crippen LogP) is 3.89. The van der Waals surface area contributed by atoms with Crippen molar-refractivity contribution in [3.63, 3.8) is 0 Å². The van der Waals surface area contributed by atoms with Crippen LogP contribution in [0.15, 0.2) is 52.1 Å². The monoisotopic (exact) mass is 489 g/mol. The number of aromatic nitrogens is 3. The normalized spacial score (nSPS) is 16.7. The second-order valence-electron chi connectivity index (χ2n) is 9.95. The molecule has 5 rings (SSSR count). The fraction of sp³-hybridized carbons (Fsp3) is 0.357. The molecule has 0 amide bonds. The molecule has 0 radical (unpaired) electrons. The Kier molecular flexibility index (Phi) is 5.59. The van der Waals surface area contributed by atoms with Gasteiger partial charge < -0.3 is 18.8 Å². The van der Waals surface area contributed by atoms with Crippen LogP contribution in [0.5, 0.6) is 11.5 Å². The molecule has 188 valence electrons. The maximum absolute atomic E-state index is 13.7. The zero-order valence-electron chi connectivity index (χ0n) is 21.7. The summed E-state index contributed by atoms with van der Waals surface area (Å²) in [7, 11) is 6.40. The van der Waals surface area contributed by atoms with Crippen molar-refractivity contribution in [3.8, 4) is 22.8 Å². The number of aryl methyl sites for hydroxylation is 2. The molecule has 4 aromatic rings. The topological polar surface area (TPSA) is 76.6 Å². The van der Waals surface area contributed by atoms with E-state index in [1.807, 2.05) is 49.4 Å². The summed E-state index contributed by atoms with van der Waals surface area (Å²) in [5.41, 5.74) is 3.62. The van der Waals surface area contributed by atoms with Crippen LogP contribution in [0.4, 0.5) is 0 Å². The van der Waals surface area contributed by atoms with Gasteiger partial charge in [-0.1, -0.05) is 42.0 Å². The molecular formula is C28H31N3O5. The van der Waals surface area contributed by atoms with Gasteiger partial charge in [0.05, 0.1) is 48.7 Å².